The van der Waals surface area contributed by atoms with Crippen molar-refractivity contribution in [2.45, 2.75) is 0 Å². The number of anilines is 1. The topological polar surface area (TPSA) is 111 Å². The van der Waals surface area contributed by atoms with Crippen LogP contribution in [0.15, 0.2) is 60.8 Å². The van der Waals surface area contributed by atoms with E-state index in [0.717, 1.165) is 0 Å². The lowest BCUT2D eigenvalue weighted by molar-refractivity contribution is 0.102. The number of amides is 1. The van der Waals surface area contributed by atoms with Gasteiger partial charge < -0.3 is 15.4 Å². The van der Waals surface area contributed by atoms with Gasteiger partial charge in [0.2, 0.25) is 0 Å². The standard InChI is InChI=1S/C19H14N4O3/c24-13-6-7-14-15(9-13)22-23-18(14)21-19(26)16-8-12(10-20-16)17(25)11-4-2-1-3-5-11/h1-10,20,24H,(H2,21,22,23,26). The number of benzene rings is 2. The second-order valence-electron chi connectivity index (χ2n) is 5.75. The highest BCUT2D eigenvalue weighted by molar-refractivity contribution is 6.12. The number of carbonyl (C=O) groups excluding carboxylic acids is 2. The summed E-state index contributed by atoms with van der Waals surface area (Å²) in [6, 6.07) is 15.0. The predicted molar refractivity (Wildman–Crippen MR) is 96.4 cm³/mol. The predicted octanol–water partition coefficient (Wildman–Crippen LogP) is 3.08. The van der Waals surface area contributed by atoms with Crippen LogP contribution < -0.4 is 5.32 Å². The van der Waals surface area contributed by atoms with Crippen LogP contribution in [0, 0.1) is 0 Å². The van der Waals surface area contributed by atoms with E-state index in [1.807, 2.05) is 6.07 Å². The van der Waals surface area contributed by atoms with Crippen molar-refractivity contribution < 1.29 is 14.7 Å². The van der Waals surface area contributed by atoms with Gasteiger partial charge in [-0.25, -0.2) is 0 Å². The first kappa shape index (κ1) is 15.6. The quantitative estimate of drug-likeness (QED) is 0.426. The van der Waals surface area contributed by atoms with E-state index >= 15 is 0 Å². The third-order valence-corrected chi connectivity index (χ3v) is 4.00. The van der Waals surface area contributed by atoms with Gasteiger partial charge in [0.1, 0.15) is 11.4 Å². The average Bonchev–Trinajstić information content (AvgIpc) is 3.29. The molecule has 128 valence electrons. The first-order valence-electron chi connectivity index (χ1n) is 7.88. The molecule has 0 radical (unpaired) electrons. The molecule has 0 atom stereocenters. The summed E-state index contributed by atoms with van der Waals surface area (Å²) < 4.78 is 0. The van der Waals surface area contributed by atoms with Crippen LogP contribution in [0.3, 0.4) is 0 Å². The third kappa shape index (κ3) is 2.82. The van der Waals surface area contributed by atoms with Gasteiger partial charge in [-0.2, -0.15) is 5.10 Å². The molecule has 4 N–H and O–H groups in total. The van der Waals surface area contributed by atoms with Gasteiger partial charge in [-0.15, -0.1) is 0 Å². The molecule has 1 amide bonds. The maximum Gasteiger partial charge on any atom is 0.273 e. The Hall–Kier alpha value is -3.87. The number of aromatic hydroxyl groups is 1. The molecule has 26 heavy (non-hydrogen) atoms. The fourth-order valence-electron chi connectivity index (χ4n) is 2.69. The Balaban J connectivity index is 1.55. The Kier molecular flexibility index (Phi) is 3.74. The molecular weight excluding hydrogens is 332 g/mol. The van der Waals surface area contributed by atoms with Crippen LogP contribution >= 0.6 is 0 Å². The van der Waals surface area contributed by atoms with Crippen molar-refractivity contribution in [2.24, 2.45) is 0 Å². The molecule has 0 aliphatic heterocycles. The van der Waals surface area contributed by atoms with Crippen LogP contribution in [0.4, 0.5) is 5.82 Å². The number of ketones is 1. The summed E-state index contributed by atoms with van der Waals surface area (Å²) in [6.07, 6.45) is 1.50. The van der Waals surface area contributed by atoms with Crippen molar-refractivity contribution in [3.8, 4) is 5.75 Å². The molecule has 0 bridgehead atoms. The van der Waals surface area contributed by atoms with Gasteiger partial charge in [0.25, 0.3) is 5.91 Å². The Morgan fingerprint density at radius 3 is 2.62 bits per heavy atom. The summed E-state index contributed by atoms with van der Waals surface area (Å²) in [5.41, 5.74) is 1.81. The first-order chi connectivity index (χ1) is 12.6. The lowest BCUT2D eigenvalue weighted by atomic mass is 10.1. The maximum absolute atomic E-state index is 12.4. The number of nitrogens with zero attached hydrogens (tertiary/aromatic N) is 1. The van der Waals surface area contributed by atoms with E-state index in [4.69, 9.17) is 0 Å². The average molecular weight is 346 g/mol. The van der Waals surface area contributed by atoms with Gasteiger partial charge in [-0.3, -0.25) is 14.7 Å². The molecule has 4 aromatic rings. The number of hydrogen-bond donors (Lipinski definition) is 4. The number of nitrogens with one attached hydrogen (secondary N) is 3. The molecule has 0 saturated heterocycles. The van der Waals surface area contributed by atoms with Crippen LogP contribution in [-0.4, -0.2) is 32.0 Å². The van der Waals surface area contributed by atoms with Crippen molar-refractivity contribution in [3.63, 3.8) is 0 Å². The Labute approximate surface area is 147 Å². The highest BCUT2D eigenvalue weighted by Gasteiger charge is 2.16. The number of phenolic OH excluding ortho intramolecular Hbond substituents is 1. The van der Waals surface area contributed by atoms with Crippen LogP contribution in [0.5, 0.6) is 5.75 Å². The minimum Gasteiger partial charge on any atom is -0.508 e. The Morgan fingerprint density at radius 2 is 1.81 bits per heavy atom. The second kappa shape index (κ2) is 6.21. The summed E-state index contributed by atoms with van der Waals surface area (Å²) in [4.78, 5) is 27.7. The normalized spacial score (nSPS) is 10.8. The number of fused-ring (bicyclic) bond motifs is 1. The van der Waals surface area contributed by atoms with Gasteiger partial charge in [-0.1, -0.05) is 30.3 Å². The van der Waals surface area contributed by atoms with Crippen LogP contribution in [-0.2, 0) is 0 Å². The molecule has 0 aliphatic carbocycles. The summed E-state index contributed by atoms with van der Waals surface area (Å²) in [5, 5.41) is 19.6. The summed E-state index contributed by atoms with van der Waals surface area (Å²) in [6.45, 7) is 0. The van der Waals surface area contributed by atoms with Gasteiger partial charge in [0, 0.05) is 28.8 Å². The number of carbonyl (C=O) groups is 2. The fraction of sp³-hybridized carbons (Fsp3) is 0. The van der Waals surface area contributed by atoms with Crippen LogP contribution in [0.1, 0.15) is 26.4 Å². The molecule has 7 nitrogen and oxygen atoms in total. The van der Waals surface area contributed by atoms with E-state index in [1.165, 1.54) is 24.4 Å². The van der Waals surface area contributed by atoms with Crippen LogP contribution in [0.25, 0.3) is 10.9 Å². The van der Waals surface area contributed by atoms with Gasteiger partial charge in [0.05, 0.1) is 5.52 Å². The molecule has 0 fully saturated rings. The van der Waals surface area contributed by atoms with E-state index in [1.54, 1.807) is 30.3 Å². The Bertz CT molecular complexity index is 1110. The van der Waals surface area contributed by atoms with Crippen molar-refractivity contribution in [2.75, 3.05) is 5.32 Å². The smallest absolute Gasteiger partial charge is 0.273 e. The molecule has 0 unspecified atom stereocenters. The largest absolute Gasteiger partial charge is 0.508 e. The van der Waals surface area contributed by atoms with E-state index in [0.29, 0.717) is 27.8 Å². The van der Waals surface area contributed by atoms with Gasteiger partial charge in [-0.05, 0) is 18.2 Å². The highest BCUT2D eigenvalue weighted by Crippen LogP contribution is 2.24. The first-order valence-corrected chi connectivity index (χ1v) is 7.88. The van der Waals surface area contributed by atoms with Gasteiger partial charge >= 0.3 is 0 Å². The molecule has 2 heterocycles. The number of rotatable bonds is 4. The number of aromatic nitrogens is 3. The molecule has 7 heteroatoms. The lowest BCUT2D eigenvalue weighted by Crippen LogP contribution is -2.12. The fourth-order valence-corrected chi connectivity index (χ4v) is 2.69. The highest BCUT2D eigenvalue weighted by atomic mass is 16.3. The molecule has 0 aliphatic rings. The summed E-state index contributed by atoms with van der Waals surface area (Å²) in [7, 11) is 0. The zero-order valence-electron chi connectivity index (χ0n) is 13.5. The molecule has 0 spiro atoms. The van der Waals surface area contributed by atoms with Gasteiger partial charge in [0.15, 0.2) is 11.6 Å². The van der Waals surface area contributed by atoms with E-state index in [2.05, 4.69) is 20.5 Å². The summed E-state index contributed by atoms with van der Waals surface area (Å²) >= 11 is 0. The van der Waals surface area contributed by atoms with Crippen molar-refractivity contribution >= 4 is 28.4 Å². The number of H-pyrrole nitrogens is 2. The molecule has 0 saturated carbocycles. The third-order valence-electron chi connectivity index (χ3n) is 4.00. The zero-order valence-corrected chi connectivity index (χ0v) is 13.5. The molecule has 2 aromatic carbocycles. The number of aromatic amines is 2. The lowest BCUT2D eigenvalue weighted by Gasteiger charge is -2.00. The van der Waals surface area contributed by atoms with Crippen molar-refractivity contribution in [3.05, 3.63) is 77.6 Å². The van der Waals surface area contributed by atoms with E-state index < -0.39 is 5.91 Å². The van der Waals surface area contributed by atoms with Crippen molar-refractivity contribution in [1.82, 2.24) is 15.2 Å². The maximum atomic E-state index is 12.4. The number of phenols is 1. The van der Waals surface area contributed by atoms with Crippen LogP contribution in [0.2, 0.25) is 0 Å². The monoisotopic (exact) mass is 346 g/mol. The minimum absolute atomic E-state index is 0.104. The summed E-state index contributed by atoms with van der Waals surface area (Å²) in [5.74, 6) is -0.136. The van der Waals surface area contributed by atoms with E-state index in [9.17, 15) is 14.7 Å². The minimum atomic E-state index is -0.418. The molecule has 4 rings (SSSR count). The Morgan fingerprint density at radius 1 is 1.00 bits per heavy atom. The molecular formula is C19H14N4O3. The SMILES string of the molecule is O=C(c1ccccc1)c1c[nH]c(C(=O)Nc2n[nH]c3cc(O)ccc23)c1. The van der Waals surface area contributed by atoms with E-state index in [-0.39, 0.29) is 17.2 Å². The number of hydrogen-bond acceptors (Lipinski definition) is 4. The van der Waals surface area contributed by atoms with Crippen molar-refractivity contribution in [1.29, 1.82) is 0 Å². The second-order valence-corrected chi connectivity index (χ2v) is 5.75. The zero-order chi connectivity index (χ0) is 18.1. The molecule has 2 aromatic heterocycles.